The monoisotopic (exact) mass is 254 g/mol. The van der Waals surface area contributed by atoms with E-state index in [9.17, 15) is 0 Å². The van der Waals surface area contributed by atoms with Crippen LogP contribution in [0.4, 0.5) is 5.69 Å². The van der Waals surface area contributed by atoms with E-state index in [0.29, 0.717) is 5.92 Å². The van der Waals surface area contributed by atoms with E-state index in [-0.39, 0.29) is 0 Å². The maximum absolute atomic E-state index is 6.25. The Kier molecular flexibility index (Phi) is 4.13. The molecule has 2 rings (SSSR count). The van der Waals surface area contributed by atoms with Gasteiger partial charge in [0.1, 0.15) is 5.75 Å². The number of methoxy groups -OCH3 is 1. The normalized spacial score (nSPS) is 19.7. The Morgan fingerprint density at radius 1 is 1.53 bits per heavy atom. The number of benzene rings is 1. The van der Waals surface area contributed by atoms with Gasteiger partial charge in [0, 0.05) is 19.2 Å². The van der Waals surface area contributed by atoms with Crippen molar-refractivity contribution in [2.75, 3.05) is 38.7 Å². The van der Waals surface area contributed by atoms with Gasteiger partial charge >= 0.3 is 0 Å². The lowest BCUT2D eigenvalue weighted by Gasteiger charge is -2.20. The van der Waals surface area contributed by atoms with Crippen molar-refractivity contribution in [3.63, 3.8) is 0 Å². The van der Waals surface area contributed by atoms with Crippen LogP contribution in [0, 0.1) is 5.92 Å². The molecule has 1 heterocycles. The van der Waals surface area contributed by atoms with Gasteiger partial charge in [0.25, 0.3) is 0 Å². The molecule has 0 amide bonds. The highest BCUT2D eigenvalue weighted by Crippen LogP contribution is 2.33. The first-order chi connectivity index (χ1) is 8.24. The van der Waals surface area contributed by atoms with Crippen molar-refractivity contribution in [1.82, 2.24) is 5.32 Å². The molecule has 4 heteroatoms. The first kappa shape index (κ1) is 12.5. The second kappa shape index (κ2) is 5.61. The van der Waals surface area contributed by atoms with Crippen LogP contribution in [0.5, 0.6) is 5.75 Å². The van der Waals surface area contributed by atoms with Gasteiger partial charge in [-0.15, -0.1) is 0 Å². The van der Waals surface area contributed by atoms with Gasteiger partial charge in [-0.25, -0.2) is 0 Å². The van der Waals surface area contributed by atoms with Crippen molar-refractivity contribution in [1.29, 1.82) is 0 Å². The third-order valence-corrected chi connectivity index (χ3v) is 3.59. The summed E-state index contributed by atoms with van der Waals surface area (Å²) in [4.78, 5) is 2.34. The largest absolute Gasteiger partial charge is 0.497 e. The Morgan fingerprint density at radius 2 is 2.35 bits per heavy atom. The smallest absolute Gasteiger partial charge is 0.121 e. The van der Waals surface area contributed by atoms with Gasteiger partial charge < -0.3 is 15.0 Å². The maximum Gasteiger partial charge on any atom is 0.121 e. The minimum Gasteiger partial charge on any atom is -0.497 e. The minimum atomic E-state index is 0.710. The van der Waals surface area contributed by atoms with Crippen molar-refractivity contribution in [2.24, 2.45) is 5.92 Å². The molecule has 0 saturated carbocycles. The van der Waals surface area contributed by atoms with Crippen LogP contribution in [0.15, 0.2) is 18.2 Å². The number of anilines is 1. The van der Waals surface area contributed by atoms with Gasteiger partial charge in [-0.2, -0.15) is 0 Å². The summed E-state index contributed by atoms with van der Waals surface area (Å²) in [7, 11) is 3.68. The van der Waals surface area contributed by atoms with Gasteiger partial charge in [-0.3, -0.25) is 0 Å². The van der Waals surface area contributed by atoms with E-state index >= 15 is 0 Å². The summed E-state index contributed by atoms with van der Waals surface area (Å²) < 4.78 is 5.25. The van der Waals surface area contributed by atoms with Crippen molar-refractivity contribution in [3.8, 4) is 5.75 Å². The third kappa shape index (κ3) is 2.85. The number of hydrogen-bond acceptors (Lipinski definition) is 3. The molecule has 1 aromatic carbocycles. The van der Waals surface area contributed by atoms with E-state index < -0.39 is 0 Å². The van der Waals surface area contributed by atoms with Crippen LogP contribution in [-0.2, 0) is 0 Å². The average Bonchev–Trinajstić information content (AvgIpc) is 2.79. The number of nitrogens with one attached hydrogen (secondary N) is 1. The second-order valence-corrected chi connectivity index (χ2v) is 4.88. The van der Waals surface area contributed by atoms with E-state index in [4.69, 9.17) is 16.3 Å². The number of ether oxygens (including phenoxy) is 1. The Labute approximate surface area is 108 Å². The van der Waals surface area contributed by atoms with Crippen molar-refractivity contribution in [3.05, 3.63) is 23.2 Å². The van der Waals surface area contributed by atoms with Gasteiger partial charge in [0.2, 0.25) is 0 Å². The highest BCUT2D eigenvalue weighted by atomic mass is 35.5. The quantitative estimate of drug-likeness (QED) is 0.893. The predicted molar refractivity (Wildman–Crippen MR) is 72.3 cm³/mol. The van der Waals surface area contributed by atoms with Crippen LogP contribution in [0.1, 0.15) is 6.42 Å². The molecule has 0 aromatic heterocycles. The lowest BCUT2D eigenvalue weighted by Crippen LogP contribution is -2.24. The highest BCUT2D eigenvalue weighted by Gasteiger charge is 2.23. The lowest BCUT2D eigenvalue weighted by molar-refractivity contribution is 0.415. The zero-order valence-corrected chi connectivity index (χ0v) is 11.1. The van der Waals surface area contributed by atoms with Crippen molar-refractivity contribution >= 4 is 17.3 Å². The number of hydrogen-bond donors (Lipinski definition) is 1. The van der Waals surface area contributed by atoms with Crippen LogP contribution in [-0.4, -0.2) is 33.8 Å². The molecule has 1 aromatic rings. The molecular weight excluding hydrogens is 236 g/mol. The predicted octanol–water partition coefficient (Wildman–Crippen LogP) is 2.39. The van der Waals surface area contributed by atoms with Crippen LogP contribution in [0.3, 0.4) is 0 Å². The van der Waals surface area contributed by atoms with Gasteiger partial charge in [0.15, 0.2) is 0 Å². The topological polar surface area (TPSA) is 24.5 Å². The molecular formula is C13H19ClN2O. The first-order valence-electron chi connectivity index (χ1n) is 5.97. The molecule has 1 saturated heterocycles. The molecule has 1 N–H and O–H groups in total. The summed E-state index contributed by atoms with van der Waals surface area (Å²) in [5.41, 5.74) is 1.09. The van der Waals surface area contributed by atoms with Gasteiger partial charge in [-0.1, -0.05) is 11.6 Å². The van der Waals surface area contributed by atoms with E-state index in [1.165, 1.54) is 6.42 Å². The highest BCUT2D eigenvalue weighted by molar-refractivity contribution is 6.33. The molecule has 1 unspecified atom stereocenters. The van der Waals surface area contributed by atoms with Crippen LogP contribution >= 0.6 is 11.6 Å². The third-order valence-electron chi connectivity index (χ3n) is 3.27. The molecule has 1 atom stereocenters. The molecule has 0 bridgehead atoms. The molecule has 94 valence electrons. The van der Waals surface area contributed by atoms with Crippen molar-refractivity contribution < 1.29 is 4.74 Å². The molecule has 1 aliphatic heterocycles. The zero-order chi connectivity index (χ0) is 12.3. The zero-order valence-electron chi connectivity index (χ0n) is 10.4. The molecule has 0 radical (unpaired) electrons. The first-order valence-corrected chi connectivity index (χ1v) is 6.35. The Balaban J connectivity index is 2.12. The molecule has 1 fully saturated rings. The minimum absolute atomic E-state index is 0.710. The molecule has 3 nitrogen and oxygen atoms in total. The molecule has 1 aliphatic rings. The maximum atomic E-state index is 6.25. The van der Waals surface area contributed by atoms with E-state index in [0.717, 1.165) is 36.1 Å². The lowest BCUT2D eigenvalue weighted by atomic mass is 10.1. The fraction of sp³-hybridized carbons (Fsp3) is 0.538. The van der Waals surface area contributed by atoms with E-state index in [1.54, 1.807) is 7.11 Å². The number of nitrogens with zero attached hydrogens (tertiary/aromatic N) is 1. The summed E-state index contributed by atoms with van der Waals surface area (Å²) in [6.45, 7) is 3.20. The van der Waals surface area contributed by atoms with E-state index in [2.05, 4.69) is 10.2 Å². The number of rotatable bonds is 4. The van der Waals surface area contributed by atoms with Crippen LogP contribution in [0.25, 0.3) is 0 Å². The second-order valence-electron chi connectivity index (χ2n) is 4.48. The standard InChI is InChI=1S/C13H19ClN2O/c1-15-8-10-5-6-16(9-10)13-7-11(17-2)3-4-12(13)14/h3-4,7,10,15H,5-6,8-9H2,1-2H3. The van der Waals surface area contributed by atoms with Gasteiger partial charge in [-0.05, 0) is 38.1 Å². The Morgan fingerprint density at radius 3 is 3.06 bits per heavy atom. The van der Waals surface area contributed by atoms with Gasteiger partial charge in [0.05, 0.1) is 17.8 Å². The SMILES string of the molecule is CNCC1CCN(c2cc(OC)ccc2Cl)C1. The Bertz CT molecular complexity index is 384. The average molecular weight is 255 g/mol. The fourth-order valence-corrected chi connectivity index (χ4v) is 2.61. The van der Waals surface area contributed by atoms with E-state index in [1.807, 2.05) is 25.2 Å². The summed E-state index contributed by atoms with van der Waals surface area (Å²) in [5.74, 6) is 1.57. The summed E-state index contributed by atoms with van der Waals surface area (Å²) in [6, 6.07) is 5.82. The summed E-state index contributed by atoms with van der Waals surface area (Å²) in [6.07, 6.45) is 1.22. The summed E-state index contributed by atoms with van der Waals surface area (Å²) in [5, 5.41) is 4.04. The summed E-state index contributed by atoms with van der Waals surface area (Å²) >= 11 is 6.25. The number of halogens is 1. The molecule has 0 aliphatic carbocycles. The fourth-order valence-electron chi connectivity index (χ4n) is 2.37. The Hall–Kier alpha value is -0.930. The van der Waals surface area contributed by atoms with Crippen LogP contribution in [0.2, 0.25) is 5.02 Å². The van der Waals surface area contributed by atoms with Crippen LogP contribution < -0.4 is 15.0 Å². The molecule has 17 heavy (non-hydrogen) atoms. The molecule has 0 spiro atoms. The van der Waals surface area contributed by atoms with Crippen molar-refractivity contribution in [2.45, 2.75) is 6.42 Å².